The predicted octanol–water partition coefficient (Wildman–Crippen LogP) is 1.71. The van der Waals surface area contributed by atoms with Crippen molar-refractivity contribution in [1.29, 1.82) is 0 Å². The molecular formula is C23H35N3O5. The highest BCUT2D eigenvalue weighted by molar-refractivity contribution is 5.88. The molecule has 2 rings (SSSR count). The standard InChI is InChI=1S/C23H35N3O5/c1-2-31-23(30)19(14-13-17-9-4-3-5-10-17)25-18(11-6-7-15-24)21(27)26-16-8-12-20(26)22(28)29/h3-5,9-10,18-20,25H,2,6-8,11-16,24H2,1H3,(H,28,29). The van der Waals surface area contributed by atoms with Crippen molar-refractivity contribution >= 4 is 17.8 Å². The van der Waals surface area contributed by atoms with Crippen molar-refractivity contribution < 1.29 is 24.2 Å². The highest BCUT2D eigenvalue weighted by Crippen LogP contribution is 2.20. The number of carboxylic acid groups (broad SMARTS) is 1. The molecule has 1 amide bonds. The summed E-state index contributed by atoms with van der Waals surface area (Å²) in [4.78, 5) is 38.9. The first-order valence-corrected chi connectivity index (χ1v) is 11.2. The molecule has 1 saturated heterocycles. The number of esters is 1. The Kier molecular flexibility index (Phi) is 10.5. The lowest BCUT2D eigenvalue weighted by atomic mass is 10.0. The van der Waals surface area contributed by atoms with Gasteiger partial charge in [0, 0.05) is 6.54 Å². The number of aryl methyl sites for hydroxylation is 1. The molecule has 3 unspecified atom stereocenters. The first-order valence-electron chi connectivity index (χ1n) is 11.2. The number of hydrogen-bond donors (Lipinski definition) is 3. The van der Waals surface area contributed by atoms with Crippen LogP contribution < -0.4 is 11.1 Å². The number of carbonyl (C=O) groups is 3. The summed E-state index contributed by atoms with van der Waals surface area (Å²) in [5.41, 5.74) is 6.70. The van der Waals surface area contributed by atoms with Crippen molar-refractivity contribution in [1.82, 2.24) is 10.2 Å². The molecule has 0 aliphatic carbocycles. The number of carbonyl (C=O) groups excluding carboxylic acids is 2. The number of aliphatic carboxylic acids is 1. The van der Waals surface area contributed by atoms with E-state index < -0.39 is 30.1 Å². The minimum Gasteiger partial charge on any atom is -0.480 e. The van der Waals surface area contributed by atoms with Crippen LogP contribution in [0.25, 0.3) is 0 Å². The highest BCUT2D eigenvalue weighted by atomic mass is 16.5. The number of hydrogen-bond acceptors (Lipinski definition) is 6. The van der Waals surface area contributed by atoms with E-state index in [-0.39, 0.29) is 12.5 Å². The fraction of sp³-hybridized carbons (Fsp3) is 0.609. The Hall–Kier alpha value is -2.45. The fourth-order valence-corrected chi connectivity index (χ4v) is 3.97. The van der Waals surface area contributed by atoms with Gasteiger partial charge in [0.2, 0.25) is 5.91 Å². The van der Waals surface area contributed by atoms with Gasteiger partial charge in [0.15, 0.2) is 0 Å². The number of amides is 1. The van der Waals surface area contributed by atoms with Crippen LogP contribution in [0.15, 0.2) is 30.3 Å². The Labute approximate surface area is 184 Å². The number of unbranched alkanes of at least 4 members (excludes halogenated alkanes) is 1. The predicted molar refractivity (Wildman–Crippen MR) is 117 cm³/mol. The van der Waals surface area contributed by atoms with Crippen LogP contribution in [0.5, 0.6) is 0 Å². The van der Waals surface area contributed by atoms with E-state index in [1.54, 1.807) is 6.92 Å². The molecule has 172 valence electrons. The first-order chi connectivity index (χ1) is 15.0. The van der Waals surface area contributed by atoms with E-state index in [4.69, 9.17) is 10.5 Å². The van der Waals surface area contributed by atoms with Crippen LogP contribution in [0.1, 0.15) is 51.0 Å². The highest BCUT2D eigenvalue weighted by Gasteiger charge is 2.38. The van der Waals surface area contributed by atoms with E-state index in [0.29, 0.717) is 51.6 Å². The van der Waals surface area contributed by atoms with Crippen LogP contribution in [0, 0.1) is 0 Å². The molecule has 8 nitrogen and oxygen atoms in total. The maximum Gasteiger partial charge on any atom is 0.326 e. The molecule has 1 aromatic carbocycles. The monoisotopic (exact) mass is 433 g/mol. The van der Waals surface area contributed by atoms with Gasteiger partial charge in [0.25, 0.3) is 0 Å². The number of ether oxygens (including phenoxy) is 1. The van der Waals surface area contributed by atoms with E-state index in [9.17, 15) is 19.5 Å². The van der Waals surface area contributed by atoms with Crippen molar-refractivity contribution in [3.63, 3.8) is 0 Å². The van der Waals surface area contributed by atoms with Crippen molar-refractivity contribution in [3.05, 3.63) is 35.9 Å². The normalized spacial score (nSPS) is 17.9. The molecule has 0 spiro atoms. The Morgan fingerprint density at radius 3 is 2.58 bits per heavy atom. The summed E-state index contributed by atoms with van der Waals surface area (Å²) in [5, 5.41) is 12.7. The Bertz CT molecular complexity index is 712. The van der Waals surface area contributed by atoms with Crippen LogP contribution in [0.4, 0.5) is 0 Å². The van der Waals surface area contributed by atoms with E-state index in [1.165, 1.54) is 4.90 Å². The molecule has 0 saturated carbocycles. The van der Waals surface area contributed by atoms with Crippen molar-refractivity contribution in [2.75, 3.05) is 19.7 Å². The largest absolute Gasteiger partial charge is 0.480 e. The lowest BCUT2D eigenvalue weighted by Crippen LogP contribution is -2.54. The average molecular weight is 434 g/mol. The Morgan fingerprint density at radius 1 is 1.19 bits per heavy atom. The summed E-state index contributed by atoms with van der Waals surface area (Å²) in [7, 11) is 0. The van der Waals surface area contributed by atoms with E-state index in [0.717, 1.165) is 12.0 Å². The third-order valence-corrected chi connectivity index (χ3v) is 5.60. The number of carboxylic acids is 1. The molecule has 1 aliphatic rings. The van der Waals surface area contributed by atoms with Crippen LogP contribution in [0.2, 0.25) is 0 Å². The third-order valence-electron chi connectivity index (χ3n) is 5.60. The van der Waals surface area contributed by atoms with E-state index in [1.807, 2.05) is 30.3 Å². The van der Waals surface area contributed by atoms with Gasteiger partial charge >= 0.3 is 11.9 Å². The first kappa shape index (κ1) is 24.8. The molecule has 0 radical (unpaired) electrons. The fourth-order valence-electron chi connectivity index (χ4n) is 3.97. The van der Waals surface area contributed by atoms with Crippen molar-refractivity contribution in [2.24, 2.45) is 5.73 Å². The molecule has 3 atom stereocenters. The minimum absolute atomic E-state index is 0.251. The number of benzene rings is 1. The number of rotatable bonds is 13. The van der Waals surface area contributed by atoms with Crippen molar-refractivity contribution in [3.8, 4) is 0 Å². The van der Waals surface area contributed by atoms with Gasteiger partial charge in [0.1, 0.15) is 12.1 Å². The van der Waals surface area contributed by atoms with Crippen molar-refractivity contribution in [2.45, 2.75) is 70.0 Å². The molecule has 0 bridgehead atoms. The summed E-state index contributed by atoms with van der Waals surface area (Å²) >= 11 is 0. The molecule has 31 heavy (non-hydrogen) atoms. The lowest BCUT2D eigenvalue weighted by molar-refractivity contribution is -0.150. The number of nitrogens with two attached hydrogens (primary N) is 1. The second-order valence-corrected chi connectivity index (χ2v) is 7.86. The van der Waals surface area contributed by atoms with Gasteiger partial charge in [-0.1, -0.05) is 36.8 Å². The zero-order valence-electron chi connectivity index (χ0n) is 18.3. The number of nitrogens with one attached hydrogen (secondary N) is 1. The van der Waals surface area contributed by atoms with Gasteiger partial charge in [-0.2, -0.15) is 0 Å². The van der Waals surface area contributed by atoms with Crippen LogP contribution in [0.3, 0.4) is 0 Å². The van der Waals surface area contributed by atoms with Gasteiger partial charge in [-0.05, 0) is 57.6 Å². The van der Waals surface area contributed by atoms with Crippen LogP contribution in [-0.4, -0.2) is 65.7 Å². The second kappa shape index (κ2) is 13.1. The number of likely N-dealkylation sites (tertiary alicyclic amines) is 1. The van der Waals surface area contributed by atoms with Gasteiger partial charge < -0.3 is 20.5 Å². The van der Waals surface area contributed by atoms with Gasteiger partial charge in [-0.15, -0.1) is 0 Å². The SMILES string of the molecule is CCOC(=O)C(CCc1ccccc1)NC(CCCCN)C(=O)N1CCCC1C(=O)O. The van der Waals surface area contributed by atoms with Crippen LogP contribution >= 0.6 is 0 Å². The third kappa shape index (κ3) is 7.63. The van der Waals surface area contributed by atoms with Gasteiger partial charge in [0.05, 0.1) is 12.6 Å². The Balaban J connectivity index is 2.14. The minimum atomic E-state index is -0.988. The lowest BCUT2D eigenvalue weighted by Gasteiger charge is -2.30. The smallest absolute Gasteiger partial charge is 0.326 e. The van der Waals surface area contributed by atoms with E-state index in [2.05, 4.69) is 5.32 Å². The second-order valence-electron chi connectivity index (χ2n) is 7.86. The molecule has 1 aromatic rings. The Morgan fingerprint density at radius 2 is 1.94 bits per heavy atom. The summed E-state index contributed by atoms with van der Waals surface area (Å²) in [6.45, 7) is 2.93. The maximum atomic E-state index is 13.3. The average Bonchev–Trinajstić information content (AvgIpc) is 3.26. The quantitative estimate of drug-likeness (QED) is 0.320. The maximum absolute atomic E-state index is 13.3. The number of nitrogens with zero attached hydrogens (tertiary/aromatic N) is 1. The van der Waals surface area contributed by atoms with E-state index >= 15 is 0 Å². The molecule has 1 fully saturated rings. The van der Waals surface area contributed by atoms with Gasteiger partial charge in [-0.3, -0.25) is 14.9 Å². The topological polar surface area (TPSA) is 122 Å². The summed E-state index contributed by atoms with van der Waals surface area (Å²) < 4.78 is 5.24. The zero-order valence-corrected chi connectivity index (χ0v) is 18.3. The zero-order chi connectivity index (χ0) is 22.6. The molecule has 0 aromatic heterocycles. The molecule has 8 heteroatoms. The molecular weight excluding hydrogens is 398 g/mol. The summed E-state index contributed by atoms with van der Waals surface area (Å²) in [5.74, 6) is -1.65. The molecule has 4 N–H and O–H groups in total. The summed E-state index contributed by atoms with van der Waals surface area (Å²) in [6, 6.07) is 7.69. The summed E-state index contributed by atoms with van der Waals surface area (Å²) in [6.07, 6.45) is 4.19. The molecule has 1 heterocycles. The van der Waals surface area contributed by atoms with Crippen LogP contribution in [-0.2, 0) is 25.5 Å². The van der Waals surface area contributed by atoms with Gasteiger partial charge in [-0.25, -0.2) is 4.79 Å². The molecule has 1 aliphatic heterocycles.